The molecular weight excluding hydrogens is 488 g/mol. The number of carbonyl (C=O) groups excluding carboxylic acids is 3. The number of unbranched alkanes of at least 4 members (excludes halogenated alkanes) is 1. The highest BCUT2D eigenvalue weighted by atomic mass is 16.5. The molecule has 10 heteroatoms. The first-order valence-corrected chi connectivity index (χ1v) is 13.7. The second kappa shape index (κ2) is 14.1. The van der Waals surface area contributed by atoms with Crippen LogP contribution in [-0.2, 0) is 33.6 Å². The first-order valence-electron chi connectivity index (χ1n) is 13.7. The number of aromatic nitrogens is 2. The quantitative estimate of drug-likeness (QED) is 0.416. The summed E-state index contributed by atoms with van der Waals surface area (Å²) in [7, 11) is 0. The van der Waals surface area contributed by atoms with Gasteiger partial charge < -0.3 is 24.4 Å². The standard InChI is InChI=1S/C28H38N4O6/c1-2-23-25-24(7-5-16-36-17-6-12-29-26(25)33)32(30-23)13-3-4-18-38-28(35)22-10-8-21(9-11-22)27(34)31-14-19-37-20-15-31/h8-11H,2-7,12-20H2,1H3,(H,29,33). The van der Waals surface area contributed by atoms with Crippen LogP contribution in [0.4, 0.5) is 0 Å². The van der Waals surface area contributed by atoms with Crippen molar-refractivity contribution in [3.63, 3.8) is 0 Å². The van der Waals surface area contributed by atoms with Crippen LogP contribution >= 0.6 is 0 Å². The van der Waals surface area contributed by atoms with Crippen molar-refractivity contribution >= 4 is 17.8 Å². The Labute approximate surface area is 223 Å². The van der Waals surface area contributed by atoms with Gasteiger partial charge in [0.1, 0.15) is 0 Å². The molecule has 1 aromatic carbocycles. The van der Waals surface area contributed by atoms with E-state index in [1.165, 1.54) is 0 Å². The summed E-state index contributed by atoms with van der Waals surface area (Å²) >= 11 is 0. The van der Waals surface area contributed by atoms with Crippen molar-refractivity contribution in [1.29, 1.82) is 0 Å². The third-order valence-electron chi connectivity index (χ3n) is 6.81. The van der Waals surface area contributed by atoms with Gasteiger partial charge in [0, 0.05) is 45.0 Å². The Bertz CT molecular complexity index is 1090. The number of nitrogens with zero attached hydrogens (tertiary/aromatic N) is 3. The number of fused-ring (bicyclic) bond motifs is 1. The van der Waals surface area contributed by atoms with E-state index in [1.54, 1.807) is 29.2 Å². The SMILES string of the molecule is CCc1nn(CCCCOC(=O)c2ccc(C(=O)N3CCOCC3)cc2)c2c1C(=O)NCCCOCCC2. The van der Waals surface area contributed by atoms with Crippen molar-refractivity contribution in [3.05, 3.63) is 52.3 Å². The van der Waals surface area contributed by atoms with Crippen molar-refractivity contribution in [2.75, 3.05) is 52.7 Å². The fourth-order valence-electron chi connectivity index (χ4n) is 4.72. The summed E-state index contributed by atoms with van der Waals surface area (Å²) in [5.74, 6) is -0.525. The van der Waals surface area contributed by atoms with Gasteiger partial charge in [0.25, 0.3) is 11.8 Å². The molecule has 0 aliphatic carbocycles. The van der Waals surface area contributed by atoms with E-state index < -0.39 is 5.97 Å². The van der Waals surface area contributed by atoms with Crippen LogP contribution in [0.25, 0.3) is 0 Å². The Morgan fingerprint density at radius 2 is 1.71 bits per heavy atom. The van der Waals surface area contributed by atoms with Gasteiger partial charge in [0.15, 0.2) is 0 Å². The Morgan fingerprint density at radius 1 is 1.00 bits per heavy atom. The molecule has 1 aromatic heterocycles. The number of rotatable bonds is 8. The number of nitrogens with one attached hydrogen (secondary N) is 1. The number of benzene rings is 1. The number of ether oxygens (including phenoxy) is 3. The summed E-state index contributed by atoms with van der Waals surface area (Å²) < 4.78 is 18.3. The van der Waals surface area contributed by atoms with Crippen molar-refractivity contribution in [2.45, 2.75) is 52.0 Å². The lowest BCUT2D eigenvalue weighted by Crippen LogP contribution is -2.40. The van der Waals surface area contributed by atoms with Gasteiger partial charge in [-0.1, -0.05) is 6.92 Å². The molecule has 10 nitrogen and oxygen atoms in total. The second-order valence-electron chi connectivity index (χ2n) is 9.50. The minimum absolute atomic E-state index is 0.0571. The van der Waals surface area contributed by atoms with E-state index in [0.717, 1.165) is 37.1 Å². The molecule has 1 saturated heterocycles. The Kier molecular flexibility index (Phi) is 10.3. The molecule has 0 saturated carbocycles. The highest BCUT2D eigenvalue weighted by Crippen LogP contribution is 2.19. The summed E-state index contributed by atoms with van der Waals surface area (Å²) in [5.41, 5.74) is 3.44. The molecule has 38 heavy (non-hydrogen) atoms. The maximum atomic E-state index is 12.9. The molecule has 3 heterocycles. The van der Waals surface area contributed by atoms with Crippen LogP contribution < -0.4 is 5.32 Å². The van der Waals surface area contributed by atoms with E-state index in [1.807, 2.05) is 11.6 Å². The number of esters is 1. The van der Waals surface area contributed by atoms with E-state index in [0.29, 0.717) is 82.1 Å². The smallest absolute Gasteiger partial charge is 0.338 e. The molecule has 2 aliphatic rings. The predicted molar refractivity (Wildman–Crippen MR) is 140 cm³/mol. The summed E-state index contributed by atoms with van der Waals surface area (Å²) in [5, 5.41) is 7.73. The normalized spacial score (nSPS) is 16.8. The zero-order chi connectivity index (χ0) is 26.7. The maximum absolute atomic E-state index is 12.9. The van der Waals surface area contributed by atoms with Crippen molar-refractivity contribution in [2.24, 2.45) is 0 Å². The van der Waals surface area contributed by atoms with E-state index in [4.69, 9.17) is 19.3 Å². The summed E-state index contributed by atoms with van der Waals surface area (Å²) in [6, 6.07) is 6.59. The largest absolute Gasteiger partial charge is 0.462 e. The number of morpholine rings is 1. The van der Waals surface area contributed by atoms with Crippen LogP contribution in [0.1, 0.15) is 75.1 Å². The van der Waals surface area contributed by atoms with Crippen molar-refractivity contribution in [1.82, 2.24) is 20.0 Å². The van der Waals surface area contributed by atoms with Gasteiger partial charge in [-0.2, -0.15) is 5.10 Å². The lowest BCUT2D eigenvalue weighted by molar-refractivity contribution is 0.0302. The maximum Gasteiger partial charge on any atom is 0.338 e. The topological polar surface area (TPSA) is 112 Å². The highest BCUT2D eigenvalue weighted by molar-refractivity contribution is 5.97. The highest BCUT2D eigenvalue weighted by Gasteiger charge is 2.23. The number of hydrogen-bond acceptors (Lipinski definition) is 7. The Balaban J connectivity index is 1.27. The van der Waals surface area contributed by atoms with Gasteiger partial charge in [-0.25, -0.2) is 4.79 Å². The van der Waals surface area contributed by atoms with E-state index >= 15 is 0 Å². The Morgan fingerprint density at radius 3 is 2.47 bits per heavy atom. The van der Waals surface area contributed by atoms with E-state index in [-0.39, 0.29) is 18.4 Å². The minimum Gasteiger partial charge on any atom is -0.462 e. The van der Waals surface area contributed by atoms with Gasteiger partial charge in [-0.3, -0.25) is 14.3 Å². The number of hydrogen-bond donors (Lipinski definition) is 1. The fourth-order valence-corrected chi connectivity index (χ4v) is 4.72. The van der Waals surface area contributed by atoms with Gasteiger partial charge in [0.2, 0.25) is 0 Å². The van der Waals surface area contributed by atoms with E-state index in [2.05, 4.69) is 5.32 Å². The lowest BCUT2D eigenvalue weighted by Gasteiger charge is -2.26. The molecule has 2 amide bonds. The molecule has 0 radical (unpaired) electrons. The van der Waals surface area contributed by atoms with Crippen LogP contribution in [0.15, 0.2) is 24.3 Å². The van der Waals surface area contributed by atoms with Crippen molar-refractivity contribution in [3.8, 4) is 0 Å². The van der Waals surface area contributed by atoms with Crippen LogP contribution in [0.5, 0.6) is 0 Å². The first-order chi connectivity index (χ1) is 18.6. The fraction of sp³-hybridized carbons (Fsp3) is 0.571. The molecule has 1 N–H and O–H groups in total. The summed E-state index contributed by atoms with van der Waals surface area (Å²) in [6.07, 6.45) is 4.48. The molecular formula is C28H38N4O6. The van der Waals surface area contributed by atoms with E-state index in [9.17, 15) is 14.4 Å². The number of aryl methyl sites for hydroxylation is 2. The van der Waals surface area contributed by atoms with Crippen LogP contribution in [0.2, 0.25) is 0 Å². The molecule has 2 aromatic rings. The minimum atomic E-state index is -0.409. The zero-order valence-corrected chi connectivity index (χ0v) is 22.2. The number of carbonyl (C=O) groups is 3. The monoisotopic (exact) mass is 526 g/mol. The first kappa shape index (κ1) is 27.8. The second-order valence-corrected chi connectivity index (χ2v) is 9.50. The molecule has 0 bridgehead atoms. The number of amides is 2. The van der Waals surface area contributed by atoms with Gasteiger partial charge in [0.05, 0.1) is 42.3 Å². The molecule has 2 aliphatic heterocycles. The van der Waals surface area contributed by atoms with Crippen LogP contribution in [0, 0.1) is 0 Å². The van der Waals surface area contributed by atoms with Gasteiger partial charge in [-0.05, 0) is 62.8 Å². The van der Waals surface area contributed by atoms with Crippen LogP contribution in [-0.4, -0.2) is 85.1 Å². The van der Waals surface area contributed by atoms with Gasteiger partial charge >= 0.3 is 5.97 Å². The molecule has 206 valence electrons. The molecule has 0 spiro atoms. The third-order valence-corrected chi connectivity index (χ3v) is 6.81. The van der Waals surface area contributed by atoms with Gasteiger partial charge in [-0.15, -0.1) is 0 Å². The Hall–Kier alpha value is -3.24. The van der Waals surface area contributed by atoms with Crippen molar-refractivity contribution < 1.29 is 28.6 Å². The summed E-state index contributed by atoms with van der Waals surface area (Å²) in [6.45, 7) is 7.09. The third kappa shape index (κ3) is 7.20. The lowest BCUT2D eigenvalue weighted by atomic mass is 10.1. The summed E-state index contributed by atoms with van der Waals surface area (Å²) in [4.78, 5) is 39.7. The average Bonchev–Trinajstić information content (AvgIpc) is 3.29. The molecule has 1 fully saturated rings. The van der Waals surface area contributed by atoms with Crippen LogP contribution in [0.3, 0.4) is 0 Å². The predicted octanol–water partition coefficient (Wildman–Crippen LogP) is 2.64. The molecule has 0 atom stereocenters. The molecule has 0 unspecified atom stereocenters. The molecule has 4 rings (SSSR count). The average molecular weight is 527 g/mol. The zero-order valence-electron chi connectivity index (χ0n) is 22.2.